The molecule has 2 heterocycles. The molecule has 2 fully saturated rings. The van der Waals surface area contributed by atoms with Gasteiger partial charge < -0.3 is 16.0 Å². The number of benzene rings is 1. The van der Waals surface area contributed by atoms with E-state index in [0.29, 0.717) is 17.8 Å². The molecular formula is C14H16N4O. The number of fused-ring (bicyclic) bond motifs is 1. The lowest BCUT2D eigenvalue weighted by Crippen LogP contribution is -2.45. The number of rotatable bonds is 1. The van der Waals surface area contributed by atoms with Crippen LogP contribution in [-0.2, 0) is 4.79 Å². The Morgan fingerprint density at radius 2 is 2.32 bits per heavy atom. The fraction of sp³-hybridized carbons (Fsp3) is 0.429. The molecule has 1 amide bonds. The van der Waals surface area contributed by atoms with E-state index in [1.54, 1.807) is 6.07 Å². The highest BCUT2D eigenvalue weighted by Gasteiger charge is 2.40. The first-order valence-electron chi connectivity index (χ1n) is 6.54. The second-order valence-electron chi connectivity index (χ2n) is 5.14. The number of hydrogen-bond donors (Lipinski definition) is 2. The number of nitrogens with two attached hydrogens (primary N) is 1. The van der Waals surface area contributed by atoms with Crippen LogP contribution in [0, 0.1) is 17.2 Å². The maximum atomic E-state index is 11.7. The van der Waals surface area contributed by atoms with E-state index in [9.17, 15) is 4.79 Å². The number of carbonyl (C=O) groups is 1. The molecule has 0 radical (unpaired) electrons. The molecule has 2 aliphatic rings. The molecule has 0 spiro atoms. The second-order valence-corrected chi connectivity index (χ2v) is 5.14. The van der Waals surface area contributed by atoms with Crippen LogP contribution in [0.3, 0.4) is 0 Å². The Balaban J connectivity index is 1.91. The van der Waals surface area contributed by atoms with Crippen LogP contribution in [0.1, 0.15) is 18.4 Å². The maximum absolute atomic E-state index is 11.7. The van der Waals surface area contributed by atoms with Crippen molar-refractivity contribution >= 4 is 17.3 Å². The first-order chi connectivity index (χ1) is 9.20. The standard InChI is InChI=1S/C14H16N4O/c15-7-9-3-4-10(6-12(9)16)18-5-1-2-11-13(18)8-17-14(11)19/h3-4,6,11,13H,1-2,5,8,16H2,(H,17,19). The number of amides is 1. The van der Waals surface area contributed by atoms with Gasteiger partial charge in [0.2, 0.25) is 5.91 Å². The smallest absolute Gasteiger partial charge is 0.225 e. The first-order valence-corrected chi connectivity index (χ1v) is 6.54. The molecule has 5 heteroatoms. The maximum Gasteiger partial charge on any atom is 0.225 e. The minimum absolute atomic E-state index is 0.0885. The van der Waals surface area contributed by atoms with E-state index in [1.807, 2.05) is 12.1 Å². The Morgan fingerprint density at radius 3 is 3.05 bits per heavy atom. The van der Waals surface area contributed by atoms with Gasteiger partial charge in [-0.25, -0.2) is 0 Å². The predicted octanol–water partition coefficient (Wildman–Crippen LogP) is 0.855. The summed E-state index contributed by atoms with van der Waals surface area (Å²) in [6, 6.07) is 7.79. The van der Waals surface area contributed by atoms with Crippen molar-refractivity contribution in [3.63, 3.8) is 0 Å². The van der Waals surface area contributed by atoms with Crippen molar-refractivity contribution in [2.45, 2.75) is 18.9 Å². The largest absolute Gasteiger partial charge is 0.398 e. The van der Waals surface area contributed by atoms with E-state index in [2.05, 4.69) is 16.3 Å². The molecule has 3 N–H and O–H groups in total. The zero-order valence-corrected chi connectivity index (χ0v) is 10.6. The molecule has 3 rings (SSSR count). The van der Waals surface area contributed by atoms with Gasteiger partial charge in [0, 0.05) is 18.8 Å². The minimum Gasteiger partial charge on any atom is -0.398 e. The number of anilines is 2. The van der Waals surface area contributed by atoms with Gasteiger partial charge in [-0.3, -0.25) is 4.79 Å². The number of nitrogen functional groups attached to an aromatic ring is 1. The summed E-state index contributed by atoms with van der Waals surface area (Å²) in [5.74, 6) is 0.252. The lowest BCUT2D eigenvalue weighted by Gasteiger charge is -2.37. The molecular weight excluding hydrogens is 240 g/mol. The van der Waals surface area contributed by atoms with Crippen LogP contribution < -0.4 is 16.0 Å². The van der Waals surface area contributed by atoms with Crippen LogP contribution in [-0.4, -0.2) is 25.0 Å². The second kappa shape index (κ2) is 4.47. The van der Waals surface area contributed by atoms with E-state index in [1.165, 1.54) is 0 Å². The molecule has 19 heavy (non-hydrogen) atoms. The zero-order chi connectivity index (χ0) is 13.4. The van der Waals surface area contributed by atoms with Crippen molar-refractivity contribution in [1.29, 1.82) is 5.26 Å². The first kappa shape index (κ1) is 11.8. The van der Waals surface area contributed by atoms with E-state index in [0.717, 1.165) is 25.1 Å². The van der Waals surface area contributed by atoms with E-state index >= 15 is 0 Å². The Morgan fingerprint density at radius 1 is 1.47 bits per heavy atom. The molecule has 98 valence electrons. The Bertz CT molecular complexity index is 563. The number of nitrogens with zero attached hydrogens (tertiary/aromatic N) is 2. The molecule has 0 aromatic heterocycles. The van der Waals surface area contributed by atoms with Gasteiger partial charge in [0.1, 0.15) is 6.07 Å². The minimum atomic E-state index is 0.0885. The van der Waals surface area contributed by atoms with Crippen LogP contribution >= 0.6 is 0 Å². The zero-order valence-electron chi connectivity index (χ0n) is 10.6. The van der Waals surface area contributed by atoms with Crippen molar-refractivity contribution in [1.82, 2.24) is 5.32 Å². The summed E-state index contributed by atoms with van der Waals surface area (Å²) < 4.78 is 0. The third-order valence-corrected chi connectivity index (χ3v) is 4.09. The number of carbonyl (C=O) groups excluding carboxylic acids is 1. The highest BCUT2D eigenvalue weighted by atomic mass is 16.2. The SMILES string of the molecule is N#Cc1ccc(N2CCCC3C(=O)NCC32)cc1N. The summed E-state index contributed by atoms with van der Waals surface area (Å²) >= 11 is 0. The van der Waals surface area contributed by atoms with Gasteiger partial charge in [0.05, 0.1) is 23.2 Å². The van der Waals surface area contributed by atoms with Crippen molar-refractivity contribution in [3.8, 4) is 6.07 Å². The van der Waals surface area contributed by atoms with Crippen molar-refractivity contribution in [2.24, 2.45) is 5.92 Å². The van der Waals surface area contributed by atoms with Crippen molar-refractivity contribution in [2.75, 3.05) is 23.7 Å². The number of nitrogens with one attached hydrogen (secondary N) is 1. The summed E-state index contributed by atoms with van der Waals surface area (Å²) in [7, 11) is 0. The van der Waals surface area contributed by atoms with Crippen LogP contribution in [0.2, 0.25) is 0 Å². The van der Waals surface area contributed by atoms with E-state index in [-0.39, 0.29) is 17.9 Å². The molecule has 1 aromatic rings. The third-order valence-electron chi connectivity index (χ3n) is 4.09. The lowest BCUT2D eigenvalue weighted by molar-refractivity contribution is -0.122. The van der Waals surface area contributed by atoms with Crippen LogP contribution in [0.15, 0.2) is 18.2 Å². The molecule has 1 aromatic carbocycles. The molecule has 2 aliphatic heterocycles. The van der Waals surface area contributed by atoms with E-state index < -0.39 is 0 Å². The van der Waals surface area contributed by atoms with Gasteiger partial charge >= 0.3 is 0 Å². The van der Waals surface area contributed by atoms with Crippen LogP contribution in [0.5, 0.6) is 0 Å². The third kappa shape index (κ3) is 1.89. The van der Waals surface area contributed by atoms with Crippen molar-refractivity contribution in [3.05, 3.63) is 23.8 Å². The van der Waals surface area contributed by atoms with Gasteiger partial charge in [-0.1, -0.05) is 0 Å². The summed E-state index contributed by atoms with van der Waals surface area (Å²) in [4.78, 5) is 14.0. The predicted molar refractivity (Wildman–Crippen MR) is 72.4 cm³/mol. The fourth-order valence-electron chi connectivity index (χ4n) is 3.10. The van der Waals surface area contributed by atoms with Gasteiger partial charge in [0.15, 0.2) is 0 Å². The van der Waals surface area contributed by atoms with Crippen LogP contribution in [0.25, 0.3) is 0 Å². The number of piperidine rings is 1. The molecule has 0 saturated carbocycles. The molecule has 0 bridgehead atoms. The lowest BCUT2D eigenvalue weighted by atomic mass is 9.91. The molecule has 0 aliphatic carbocycles. The molecule has 2 unspecified atom stereocenters. The van der Waals surface area contributed by atoms with Gasteiger partial charge in [-0.15, -0.1) is 0 Å². The Kier molecular flexibility index (Phi) is 2.79. The van der Waals surface area contributed by atoms with Crippen molar-refractivity contribution < 1.29 is 4.79 Å². The number of nitriles is 1. The van der Waals surface area contributed by atoms with Gasteiger partial charge in [-0.2, -0.15) is 5.26 Å². The van der Waals surface area contributed by atoms with E-state index in [4.69, 9.17) is 11.0 Å². The molecule has 2 atom stereocenters. The Hall–Kier alpha value is -2.22. The summed E-state index contributed by atoms with van der Waals surface area (Å²) in [6.07, 6.45) is 1.97. The molecule has 5 nitrogen and oxygen atoms in total. The van der Waals surface area contributed by atoms with Crippen LogP contribution in [0.4, 0.5) is 11.4 Å². The Labute approximate surface area is 112 Å². The normalized spacial score (nSPS) is 25.6. The summed E-state index contributed by atoms with van der Waals surface area (Å²) in [6.45, 7) is 1.63. The van der Waals surface area contributed by atoms with Gasteiger partial charge in [0.25, 0.3) is 0 Å². The highest BCUT2D eigenvalue weighted by Crippen LogP contribution is 2.32. The number of hydrogen-bond acceptors (Lipinski definition) is 4. The van der Waals surface area contributed by atoms with Gasteiger partial charge in [-0.05, 0) is 31.0 Å². The average molecular weight is 256 g/mol. The summed E-state index contributed by atoms with van der Waals surface area (Å²) in [5, 5.41) is 11.8. The highest BCUT2D eigenvalue weighted by molar-refractivity contribution is 5.83. The topological polar surface area (TPSA) is 82.2 Å². The summed E-state index contributed by atoms with van der Waals surface area (Å²) in [5.41, 5.74) is 7.87. The average Bonchev–Trinajstić information content (AvgIpc) is 2.80. The molecule has 2 saturated heterocycles. The quantitative estimate of drug-likeness (QED) is 0.730. The fourth-order valence-corrected chi connectivity index (χ4v) is 3.10. The monoisotopic (exact) mass is 256 g/mol.